The van der Waals surface area contributed by atoms with Gasteiger partial charge >= 0.3 is 34.5 Å². The molecular weight excluding hydrogens is 1190 g/mol. The number of carbonyl (C=O) groups excluding carboxylic acids is 2. The number of hydrogen-bond donors (Lipinski definition) is 0. The Labute approximate surface area is 537 Å². The number of rotatable bonds is 20. The SMILES string of the molecule is COc1ccc(N(c2ccc(Cc3ccc(N(c4ccc(C=O)cc4)c4ccc(C=O)cc4)cc3)cc2)c2ccc(OC)cc2)cc1.[Cl][Zn][Cl].c1ccc(N(c2ccccc2)c2ccc(Cc3ccc(N(c4ccccc4)c4ccccc4)cc3)cc2)cc1. The second-order valence-corrected chi connectivity index (χ2v) is 25.2. The Hall–Kier alpha value is -10.0. The zero-order valence-electron chi connectivity index (χ0n) is 49.5. The van der Waals surface area contributed by atoms with E-state index in [0.29, 0.717) is 11.1 Å². The predicted molar refractivity (Wildman–Crippen MR) is 366 cm³/mol. The van der Waals surface area contributed by atoms with Crippen LogP contribution in [0.2, 0.25) is 0 Å². The van der Waals surface area contributed by atoms with Crippen LogP contribution in [0.1, 0.15) is 43.0 Å². The van der Waals surface area contributed by atoms with E-state index < -0.39 is 15.1 Å². The number of carbonyl (C=O) groups is 2. The average Bonchev–Trinajstić information content (AvgIpc) is 2.86. The Kier molecular flexibility index (Phi) is 22.0. The second kappa shape index (κ2) is 31.6. The molecule has 0 spiro atoms. The maximum atomic E-state index is 11.3. The number of methoxy groups -OCH3 is 2. The number of nitrogens with zero attached hydrogens (tertiary/aromatic N) is 4. The fraction of sp³-hybridized carbons (Fsp3) is 0.0513. The van der Waals surface area contributed by atoms with Crippen LogP contribution in [0, 0.1) is 0 Å². The Morgan fingerprint density at radius 1 is 0.270 bits per heavy atom. The van der Waals surface area contributed by atoms with E-state index in [9.17, 15) is 9.59 Å². The van der Waals surface area contributed by atoms with Crippen molar-refractivity contribution in [3.63, 3.8) is 0 Å². The van der Waals surface area contributed by atoms with Gasteiger partial charge in [0.2, 0.25) is 0 Å². The molecule has 0 aromatic heterocycles. The Morgan fingerprint density at radius 2 is 0.438 bits per heavy atom. The van der Waals surface area contributed by atoms with Crippen molar-refractivity contribution >= 4 is 100 Å². The number of hydrogen-bond acceptors (Lipinski definition) is 8. The van der Waals surface area contributed by atoms with Crippen molar-refractivity contribution in [3.05, 3.63) is 349 Å². The van der Waals surface area contributed by atoms with Crippen molar-refractivity contribution < 1.29 is 34.2 Å². The molecule has 12 rings (SSSR count). The first-order chi connectivity index (χ1) is 43.8. The van der Waals surface area contributed by atoms with Crippen molar-refractivity contribution in [1.82, 2.24) is 0 Å². The van der Waals surface area contributed by atoms with Gasteiger partial charge in [-0.25, -0.2) is 0 Å². The maximum absolute atomic E-state index is 11.3. The molecule has 0 saturated carbocycles. The first-order valence-electron chi connectivity index (χ1n) is 29.1. The minimum atomic E-state index is -0.931. The van der Waals surface area contributed by atoms with E-state index in [1.165, 1.54) is 22.3 Å². The average molecular weight is 1260 g/mol. The number of para-hydroxylation sites is 4. The van der Waals surface area contributed by atoms with Crippen LogP contribution in [0.4, 0.5) is 68.2 Å². The van der Waals surface area contributed by atoms with Gasteiger partial charge < -0.3 is 29.1 Å². The summed E-state index contributed by atoms with van der Waals surface area (Å²) in [5, 5.41) is 0. The molecule has 0 radical (unpaired) electrons. The molecule has 12 aromatic carbocycles. The molecule has 0 fully saturated rings. The molecule has 0 atom stereocenters. The summed E-state index contributed by atoms with van der Waals surface area (Å²) >= 11 is -0.931. The molecule has 0 aliphatic carbocycles. The maximum Gasteiger partial charge on any atom is 0.0461 e. The monoisotopic (exact) mass is 1250 g/mol. The first-order valence-corrected chi connectivity index (χ1v) is 36.9. The van der Waals surface area contributed by atoms with Gasteiger partial charge in [-0.15, -0.1) is 0 Å². The second-order valence-electron chi connectivity index (χ2n) is 20.6. The summed E-state index contributed by atoms with van der Waals surface area (Å²) in [6.07, 6.45) is 3.33. The van der Waals surface area contributed by atoms with Crippen molar-refractivity contribution in [1.29, 1.82) is 0 Å². The predicted octanol–water partition coefficient (Wildman–Crippen LogP) is 21.5. The number of anilines is 12. The number of ether oxygens (including phenoxy) is 2. The Balaban J connectivity index is 0.000000191. The Bertz CT molecular complexity index is 3780. The van der Waals surface area contributed by atoms with Crippen LogP contribution in [-0.2, 0) is 28.0 Å². The third-order valence-electron chi connectivity index (χ3n) is 14.9. The molecule has 12 aromatic rings. The van der Waals surface area contributed by atoms with E-state index in [1.54, 1.807) is 38.5 Å². The number of benzene rings is 12. The first kappa shape index (κ1) is 62.0. The van der Waals surface area contributed by atoms with Crippen LogP contribution < -0.4 is 29.1 Å². The molecule has 11 heteroatoms. The molecule has 0 saturated heterocycles. The summed E-state index contributed by atoms with van der Waals surface area (Å²) in [5.41, 5.74) is 18.9. The summed E-state index contributed by atoms with van der Waals surface area (Å²) in [6.45, 7) is 0. The normalized spacial score (nSPS) is 10.4. The summed E-state index contributed by atoms with van der Waals surface area (Å²) < 4.78 is 10.8. The van der Waals surface area contributed by atoms with Crippen LogP contribution in [0.15, 0.2) is 315 Å². The van der Waals surface area contributed by atoms with Crippen LogP contribution in [0.3, 0.4) is 0 Å². The molecule has 0 unspecified atom stereocenters. The standard InChI is InChI=1S/C41H34N2O4.C37H30N2.2ClH.Zn/c1-46-40-23-19-38(20-24-40)43(39-21-25-41(47-2)26-22-39)35-13-5-31(6-14-35)27-30-3-11-34(12-4-30)42(36-15-7-32(28-44)8-16-36)37-17-9-33(29-45)10-18-37;1-5-13-32(14-6-1)38(33-15-7-2-8-16-33)36-25-21-30(22-26-36)29-31-23-27-37(28-24-31)39(34-17-9-3-10-18-34)35-19-11-4-12-20-35;;;/h3-26,28-29H,27H2,1-2H3;1-28H,29H2;2*1H;/q;;;;+2/p-2. The third-order valence-corrected chi connectivity index (χ3v) is 14.9. The summed E-state index contributed by atoms with van der Waals surface area (Å²) in [4.78, 5) is 31.4. The minimum Gasteiger partial charge on any atom is -0.311 e. The topological polar surface area (TPSA) is 65.6 Å². The number of halogens is 2. The van der Waals surface area contributed by atoms with Gasteiger partial charge in [0.25, 0.3) is 0 Å². The van der Waals surface area contributed by atoms with Gasteiger partial charge in [0.05, 0.1) is 14.2 Å². The van der Waals surface area contributed by atoms with Gasteiger partial charge in [0.1, 0.15) is 24.1 Å². The van der Waals surface area contributed by atoms with Crippen LogP contribution in [-0.4, -0.2) is 26.8 Å². The van der Waals surface area contributed by atoms with Gasteiger partial charge in [-0.2, -0.15) is 0 Å². The van der Waals surface area contributed by atoms with Gasteiger partial charge in [0.15, 0.2) is 0 Å². The molecule has 0 bridgehead atoms. The molecular formula is C78H64Cl2N4O4Zn. The molecule has 0 aliphatic heterocycles. The minimum absolute atomic E-state index is 0.613. The Morgan fingerprint density at radius 3 is 0.618 bits per heavy atom. The van der Waals surface area contributed by atoms with Gasteiger partial charge in [-0.1, -0.05) is 121 Å². The van der Waals surface area contributed by atoms with E-state index in [2.05, 4.69) is 262 Å². The van der Waals surface area contributed by atoms with Gasteiger partial charge in [-0.05, 0) is 229 Å². The molecule has 89 heavy (non-hydrogen) atoms. The van der Waals surface area contributed by atoms with E-state index in [-0.39, 0.29) is 0 Å². The van der Waals surface area contributed by atoms with Crippen molar-refractivity contribution in [2.24, 2.45) is 0 Å². The third kappa shape index (κ3) is 16.3. The van der Waals surface area contributed by atoms with Crippen LogP contribution in [0.5, 0.6) is 11.5 Å². The van der Waals surface area contributed by atoms with E-state index >= 15 is 0 Å². The van der Waals surface area contributed by atoms with E-state index in [0.717, 1.165) is 105 Å². The van der Waals surface area contributed by atoms with Crippen molar-refractivity contribution in [2.75, 3.05) is 33.8 Å². The smallest absolute Gasteiger partial charge is 0.0461 e. The summed E-state index contributed by atoms with van der Waals surface area (Å²) in [6, 6.07) is 108. The molecule has 8 nitrogen and oxygen atoms in total. The van der Waals surface area contributed by atoms with E-state index in [1.807, 2.05) is 48.5 Å². The fourth-order valence-electron chi connectivity index (χ4n) is 10.5. The molecule has 0 N–H and O–H groups in total. The molecule has 0 aliphatic rings. The van der Waals surface area contributed by atoms with Crippen molar-refractivity contribution in [2.45, 2.75) is 12.8 Å². The van der Waals surface area contributed by atoms with Gasteiger partial charge in [0, 0.05) is 79.4 Å². The van der Waals surface area contributed by atoms with Crippen LogP contribution in [0.25, 0.3) is 0 Å². The zero-order chi connectivity index (χ0) is 61.6. The van der Waals surface area contributed by atoms with Crippen LogP contribution >= 0.6 is 19.4 Å². The fourth-order valence-corrected chi connectivity index (χ4v) is 10.5. The summed E-state index contributed by atoms with van der Waals surface area (Å²) in [7, 11) is 13.2. The molecule has 0 heterocycles. The van der Waals surface area contributed by atoms with Gasteiger partial charge in [-0.3, -0.25) is 9.59 Å². The van der Waals surface area contributed by atoms with Crippen molar-refractivity contribution in [3.8, 4) is 11.5 Å². The quantitative estimate of drug-likeness (QED) is 0.0552. The molecule has 436 valence electrons. The van der Waals surface area contributed by atoms with E-state index in [4.69, 9.17) is 28.9 Å². The number of aldehydes is 2. The summed E-state index contributed by atoms with van der Waals surface area (Å²) in [5.74, 6) is 1.61. The zero-order valence-corrected chi connectivity index (χ0v) is 54.0. The molecule has 0 amide bonds. The largest absolute Gasteiger partial charge is 0.311 e.